The van der Waals surface area contributed by atoms with Crippen molar-refractivity contribution in [2.75, 3.05) is 12.4 Å². The van der Waals surface area contributed by atoms with Crippen LogP contribution < -0.4 is 10.6 Å². The van der Waals surface area contributed by atoms with Crippen LogP contribution in [0.3, 0.4) is 0 Å². The van der Waals surface area contributed by atoms with Gasteiger partial charge in [-0.2, -0.15) is 26.3 Å². The molecular formula is C18H14F6N2O2. The molecule has 0 aliphatic heterocycles. The molecule has 2 aromatic rings. The van der Waals surface area contributed by atoms with E-state index in [0.717, 1.165) is 0 Å². The molecule has 0 aliphatic rings. The van der Waals surface area contributed by atoms with Gasteiger partial charge in [-0.3, -0.25) is 9.59 Å². The van der Waals surface area contributed by atoms with E-state index in [9.17, 15) is 35.9 Å². The summed E-state index contributed by atoms with van der Waals surface area (Å²) in [5.41, 5.74) is -3.55. The lowest BCUT2D eigenvalue weighted by molar-refractivity contribution is -0.143. The molecule has 0 saturated carbocycles. The van der Waals surface area contributed by atoms with Gasteiger partial charge in [-0.05, 0) is 29.8 Å². The molecule has 150 valence electrons. The molecule has 0 saturated heterocycles. The van der Waals surface area contributed by atoms with Crippen LogP contribution in [0.25, 0.3) is 0 Å². The van der Waals surface area contributed by atoms with Crippen LogP contribution in [-0.2, 0) is 23.6 Å². The maximum atomic E-state index is 12.9. The van der Waals surface area contributed by atoms with Gasteiger partial charge in [0.05, 0.1) is 17.5 Å². The summed E-state index contributed by atoms with van der Waals surface area (Å²) < 4.78 is 77.6. The summed E-state index contributed by atoms with van der Waals surface area (Å²) in [4.78, 5) is 23.9. The molecule has 2 rings (SSSR count). The molecule has 2 amide bonds. The number of likely N-dealkylation sites (N-methyl/N-ethyl adjacent to an activating group) is 1. The van der Waals surface area contributed by atoms with E-state index < -0.39 is 35.0 Å². The minimum Gasteiger partial charge on any atom is -0.359 e. The number of anilines is 1. The Morgan fingerprint density at radius 3 is 1.93 bits per heavy atom. The second kappa shape index (κ2) is 7.91. The molecule has 10 heteroatoms. The lowest BCUT2D eigenvalue weighted by atomic mass is 10.0. The lowest BCUT2D eigenvalue weighted by Gasteiger charge is -2.15. The Hall–Kier alpha value is -3.04. The molecule has 2 N–H and O–H groups in total. The minimum atomic E-state index is -5.06. The van der Waals surface area contributed by atoms with E-state index >= 15 is 0 Å². The van der Waals surface area contributed by atoms with Crippen molar-refractivity contribution in [2.24, 2.45) is 0 Å². The third-order valence-electron chi connectivity index (χ3n) is 3.75. The number of hydrogen-bond donors (Lipinski definition) is 2. The van der Waals surface area contributed by atoms with E-state index in [2.05, 4.69) is 10.6 Å². The van der Waals surface area contributed by atoms with Crippen molar-refractivity contribution >= 4 is 17.5 Å². The molecule has 0 radical (unpaired) electrons. The Kier molecular flexibility index (Phi) is 6.01. The van der Waals surface area contributed by atoms with Gasteiger partial charge in [0.2, 0.25) is 5.91 Å². The molecule has 0 aliphatic carbocycles. The minimum absolute atomic E-state index is 0.0592. The first-order valence-electron chi connectivity index (χ1n) is 7.81. The normalized spacial score (nSPS) is 11.8. The summed E-state index contributed by atoms with van der Waals surface area (Å²) >= 11 is 0. The molecule has 0 atom stereocenters. The first-order valence-corrected chi connectivity index (χ1v) is 7.81. The van der Waals surface area contributed by atoms with Gasteiger partial charge in [0, 0.05) is 18.3 Å². The van der Waals surface area contributed by atoms with E-state index in [1.807, 2.05) is 0 Å². The van der Waals surface area contributed by atoms with Gasteiger partial charge in [-0.15, -0.1) is 0 Å². The van der Waals surface area contributed by atoms with E-state index in [1.54, 1.807) is 6.07 Å². The van der Waals surface area contributed by atoms with Crippen LogP contribution in [-0.4, -0.2) is 18.9 Å². The molecular weight excluding hydrogens is 390 g/mol. The second-order valence-corrected chi connectivity index (χ2v) is 5.76. The van der Waals surface area contributed by atoms with E-state index in [4.69, 9.17) is 0 Å². The number of alkyl halides is 6. The summed E-state index contributed by atoms with van der Waals surface area (Å²) in [6, 6.07) is 6.57. The highest BCUT2D eigenvalue weighted by Crippen LogP contribution is 2.36. The van der Waals surface area contributed by atoms with E-state index in [-0.39, 0.29) is 24.1 Å². The smallest absolute Gasteiger partial charge is 0.359 e. The Balaban J connectivity index is 2.41. The van der Waals surface area contributed by atoms with Crippen LogP contribution in [0.5, 0.6) is 0 Å². The van der Waals surface area contributed by atoms with Crippen LogP contribution >= 0.6 is 0 Å². The van der Waals surface area contributed by atoms with Crippen molar-refractivity contribution in [1.29, 1.82) is 0 Å². The number of carbonyl (C=O) groups excluding carboxylic acids is 2. The summed E-state index contributed by atoms with van der Waals surface area (Å²) in [7, 11) is 1.39. The predicted octanol–water partition coefficient (Wildman–Crippen LogP) is 4.27. The Bertz CT molecular complexity index is 858. The topological polar surface area (TPSA) is 58.2 Å². The van der Waals surface area contributed by atoms with Gasteiger partial charge in [0.1, 0.15) is 0 Å². The average Bonchev–Trinajstić information content (AvgIpc) is 2.61. The third-order valence-corrected chi connectivity index (χ3v) is 3.75. The highest BCUT2D eigenvalue weighted by molar-refractivity contribution is 6.05. The number of halogens is 6. The highest BCUT2D eigenvalue weighted by atomic mass is 19.4. The number of nitrogens with one attached hydrogen (secondary N) is 2. The third kappa shape index (κ3) is 5.24. The van der Waals surface area contributed by atoms with E-state index in [1.165, 1.54) is 25.2 Å². The molecule has 4 nitrogen and oxygen atoms in total. The van der Waals surface area contributed by atoms with Crippen LogP contribution in [0.15, 0.2) is 42.5 Å². The van der Waals surface area contributed by atoms with Gasteiger partial charge >= 0.3 is 12.4 Å². The summed E-state index contributed by atoms with van der Waals surface area (Å²) in [6.45, 7) is 0. The standard InChI is InChI=1S/C18H14F6N2O2/c1-25-15(27)8-10-4-2-3-5-14(10)26-16(28)11-6-12(17(19,20)21)9-13(7-11)18(22,23)24/h2-7,9H,8H2,1H3,(H,25,27)(H,26,28). The fourth-order valence-electron chi connectivity index (χ4n) is 2.34. The number of hydrogen-bond acceptors (Lipinski definition) is 2. The summed E-state index contributed by atoms with van der Waals surface area (Å²) in [5, 5.41) is 4.63. The first kappa shape index (κ1) is 21.3. The Labute approximate surface area is 155 Å². The number of rotatable bonds is 4. The zero-order valence-corrected chi connectivity index (χ0v) is 14.3. The monoisotopic (exact) mass is 404 g/mol. The fourth-order valence-corrected chi connectivity index (χ4v) is 2.34. The molecule has 0 bridgehead atoms. The van der Waals surface area contributed by atoms with Crippen LogP contribution in [0.2, 0.25) is 0 Å². The Morgan fingerprint density at radius 2 is 1.43 bits per heavy atom. The number of carbonyl (C=O) groups is 2. The van der Waals surface area contributed by atoms with Gasteiger partial charge in [0.15, 0.2) is 0 Å². The molecule has 0 heterocycles. The molecule has 0 fully saturated rings. The summed E-state index contributed by atoms with van der Waals surface area (Å²) in [6.07, 6.45) is -10.3. The fraction of sp³-hybridized carbons (Fsp3) is 0.222. The van der Waals surface area contributed by atoms with Crippen molar-refractivity contribution in [1.82, 2.24) is 5.32 Å². The highest BCUT2D eigenvalue weighted by Gasteiger charge is 2.37. The van der Waals surface area contributed by atoms with Crippen molar-refractivity contribution in [2.45, 2.75) is 18.8 Å². The van der Waals surface area contributed by atoms with Gasteiger partial charge in [-0.1, -0.05) is 18.2 Å². The molecule has 0 aromatic heterocycles. The molecule has 2 aromatic carbocycles. The SMILES string of the molecule is CNC(=O)Cc1ccccc1NC(=O)c1cc(C(F)(F)F)cc(C(F)(F)F)c1. The quantitative estimate of drug-likeness (QED) is 0.748. The van der Waals surface area contributed by atoms with Crippen molar-refractivity contribution in [3.05, 3.63) is 64.7 Å². The van der Waals surface area contributed by atoms with Crippen LogP contribution in [0.4, 0.5) is 32.0 Å². The van der Waals surface area contributed by atoms with Crippen molar-refractivity contribution in [3.8, 4) is 0 Å². The lowest BCUT2D eigenvalue weighted by Crippen LogP contribution is -2.22. The van der Waals surface area contributed by atoms with Crippen LogP contribution in [0.1, 0.15) is 27.0 Å². The molecule has 28 heavy (non-hydrogen) atoms. The number of benzene rings is 2. The molecule has 0 spiro atoms. The molecule has 0 unspecified atom stereocenters. The zero-order valence-electron chi connectivity index (χ0n) is 14.3. The maximum Gasteiger partial charge on any atom is 0.416 e. The maximum absolute atomic E-state index is 12.9. The first-order chi connectivity index (χ1) is 12.9. The largest absolute Gasteiger partial charge is 0.416 e. The van der Waals surface area contributed by atoms with E-state index in [0.29, 0.717) is 17.7 Å². The number of para-hydroxylation sites is 1. The van der Waals surface area contributed by atoms with Crippen molar-refractivity contribution in [3.63, 3.8) is 0 Å². The van der Waals surface area contributed by atoms with Crippen molar-refractivity contribution < 1.29 is 35.9 Å². The Morgan fingerprint density at radius 1 is 0.893 bits per heavy atom. The number of amides is 2. The van der Waals surface area contributed by atoms with Gasteiger partial charge in [0.25, 0.3) is 5.91 Å². The predicted molar refractivity (Wildman–Crippen MR) is 88.6 cm³/mol. The summed E-state index contributed by atoms with van der Waals surface area (Å²) in [5.74, 6) is -1.55. The van der Waals surface area contributed by atoms with Gasteiger partial charge < -0.3 is 10.6 Å². The zero-order chi connectivity index (χ0) is 21.1. The average molecular weight is 404 g/mol. The second-order valence-electron chi connectivity index (χ2n) is 5.76. The van der Waals surface area contributed by atoms with Crippen LogP contribution in [0, 0.1) is 0 Å². The van der Waals surface area contributed by atoms with Gasteiger partial charge in [-0.25, -0.2) is 0 Å².